The van der Waals surface area contributed by atoms with Crippen LogP contribution in [0.5, 0.6) is 0 Å². The van der Waals surface area contributed by atoms with E-state index in [1.165, 1.54) is 6.07 Å². The second-order valence-corrected chi connectivity index (χ2v) is 8.52. The number of halogens is 3. The van der Waals surface area contributed by atoms with Crippen LogP contribution in [0.15, 0.2) is 24.5 Å². The van der Waals surface area contributed by atoms with Gasteiger partial charge in [-0.3, -0.25) is 4.79 Å². The summed E-state index contributed by atoms with van der Waals surface area (Å²) in [5, 5.41) is 16.2. The predicted molar refractivity (Wildman–Crippen MR) is 103 cm³/mol. The lowest BCUT2D eigenvalue weighted by Gasteiger charge is -2.38. The van der Waals surface area contributed by atoms with Gasteiger partial charge in [0.05, 0.1) is 4.88 Å². The second-order valence-electron chi connectivity index (χ2n) is 7.43. The van der Waals surface area contributed by atoms with Gasteiger partial charge in [-0.15, -0.1) is 11.3 Å². The Bertz CT molecular complexity index is 973. The van der Waals surface area contributed by atoms with Gasteiger partial charge in [0.25, 0.3) is 5.91 Å². The van der Waals surface area contributed by atoms with Crippen LogP contribution in [-0.4, -0.2) is 60.8 Å². The molecule has 4 rings (SSSR count). The summed E-state index contributed by atoms with van der Waals surface area (Å²) in [7, 11) is 2.01. The third-order valence-corrected chi connectivity index (χ3v) is 6.52. The highest BCUT2D eigenvalue weighted by Crippen LogP contribution is 2.43. The molecule has 2 fully saturated rings. The zero-order valence-corrected chi connectivity index (χ0v) is 17.2. The van der Waals surface area contributed by atoms with Crippen LogP contribution >= 0.6 is 11.3 Å². The van der Waals surface area contributed by atoms with E-state index >= 15 is 0 Å². The van der Waals surface area contributed by atoms with Gasteiger partial charge in [0.15, 0.2) is 0 Å². The number of rotatable bonds is 3. The molecule has 3 atom stereocenters. The van der Waals surface area contributed by atoms with Crippen molar-refractivity contribution in [3.63, 3.8) is 0 Å². The maximum absolute atomic E-state index is 12.9. The van der Waals surface area contributed by atoms with Crippen molar-refractivity contribution in [2.45, 2.75) is 49.9 Å². The number of hydrogen-bond acceptors (Lipinski definition) is 5. The number of aliphatic carboxylic acids is 1. The SMILES string of the molecule is Cn1ccnc1C1C[C@H]2CC[C@@H](C1)N2C(=O)c1ccc(C(=O)O)s1.O=C(O)C(F)(F)F. The number of carboxylic acids is 2. The highest BCUT2D eigenvalue weighted by molar-refractivity contribution is 7.15. The van der Waals surface area contributed by atoms with Crippen LogP contribution in [0.1, 0.15) is 56.8 Å². The largest absolute Gasteiger partial charge is 0.490 e. The molecule has 4 heterocycles. The highest BCUT2D eigenvalue weighted by Gasteiger charge is 2.45. The van der Waals surface area contributed by atoms with Crippen LogP contribution in [0.2, 0.25) is 0 Å². The first-order chi connectivity index (χ1) is 14.5. The van der Waals surface area contributed by atoms with E-state index in [1.807, 2.05) is 24.3 Å². The third-order valence-electron chi connectivity index (χ3n) is 5.46. The van der Waals surface area contributed by atoms with Gasteiger partial charge >= 0.3 is 18.1 Å². The van der Waals surface area contributed by atoms with E-state index in [2.05, 4.69) is 9.55 Å². The number of hydrogen-bond donors (Lipinski definition) is 2. The zero-order valence-electron chi connectivity index (χ0n) is 16.4. The highest BCUT2D eigenvalue weighted by atomic mass is 32.1. The van der Waals surface area contributed by atoms with Crippen molar-refractivity contribution >= 4 is 29.2 Å². The van der Waals surface area contributed by atoms with Crippen molar-refractivity contribution in [3.05, 3.63) is 40.1 Å². The Hall–Kier alpha value is -2.89. The average molecular weight is 459 g/mol. The molecule has 1 unspecified atom stereocenters. The molecular formula is C19H20F3N3O5S. The van der Waals surface area contributed by atoms with Crippen molar-refractivity contribution in [2.24, 2.45) is 7.05 Å². The molecule has 31 heavy (non-hydrogen) atoms. The fourth-order valence-corrected chi connectivity index (χ4v) is 4.97. The van der Waals surface area contributed by atoms with E-state index in [0.717, 1.165) is 42.8 Å². The Morgan fingerprint density at radius 1 is 1.10 bits per heavy atom. The first-order valence-corrected chi connectivity index (χ1v) is 10.2. The summed E-state index contributed by atoms with van der Waals surface area (Å²) in [5.41, 5.74) is 0. The third kappa shape index (κ3) is 4.89. The van der Waals surface area contributed by atoms with E-state index in [1.54, 1.807) is 6.07 Å². The zero-order chi connectivity index (χ0) is 22.9. The van der Waals surface area contributed by atoms with E-state index in [0.29, 0.717) is 10.8 Å². The molecule has 2 aliphatic rings. The number of fused-ring (bicyclic) bond motifs is 2. The molecule has 8 nitrogen and oxygen atoms in total. The molecule has 1 amide bonds. The summed E-state index contributed by atoms with van der Waals surface area (Å²) in [6.07, 6.45) is 2.62. The van der Waals surface area contributed by atoms with Crippen LogP contribution in [-0.2, 0) is 11.8 Å². The molecule has 12 heteroatoms. The monoisotopic (exact) mass is 459 g/mol. The number of nitrogens with zero attached hydrogens (tertiary/aromatic N) is 3. The number of aromatic carboxylic acids is 1. The number of aryl methyl sites for hydroxylation is 1. The standard InChI is InChI=1S/C17H19N3O3S.C2HF3O2/c1-19-7-6-18-15(19)10-8-11-2-3-12(9-10)20(11)16(21)13-4-5-14(24-13)17(22)23;3-2(4,5)1(6)7/h4-7,10-12H,2-3,8-9H2,1H3,(H,22,23);(H,6,7)/t10?,11-,12+;. The number of alkyl halides is 3. The summed E-state index contributed by atoms with van der Waals surface area (Å²) in [4.78, 5) is 40.0. The number of piperidine rings is 1. The Balaban J connectivity index is 0.000000339. The van der Waals surface area contributed by atoms with Gasteiger partial charge in [0.1, 0.15) is 10.7 Å². The van der Waals surface area contributed by atoms with E-state index in [9.17, 15) is 22.8 Å². The van der Waals surface area contributed by atoms with Crippen LogP contribution in [0.4, 0.5) is 13.2 Å². The molecule has 0 aromatic carbocycles. The summed E-state index contributed by atoms with van der Waals surface area (Å²) < 4.78 is 33.8. The lowest BCUT2D eigenvalue weighted by atomic mass is 9.89. The first-order valence-electron chi connectivity index (χ1n) is 9.42. The van der Waals surface area contributed by atoms with Crippen molar-refractivity contribution < 1.29 is 37.8 Å². The fraction of sp³-hybridized carbons (Fsp3) is 0.474. The number of thiophene rings is 1. The minimum absolute atomic E-state index is 0.0155. The lowest BCUT2D eigenvalue weighted by molar-refractivity contribution is -0.192. The Morgan fingerprint density at radius 2 is 1.65 bits per heavy atom. The van der Waals surface area contributed by atoms with Gasteiger partial charge in [-0.05, 0) is 37.8 Å². The number of amides is 1. The minimum Gasteiger partial charge on any atom is -0.477 e. The normalized spacial score (nSPS) is 22.6. The van der Waals surface area contributed by atoms with Gasteiger partial charge in [0, 0.05) is 37.4 Å². The number of imidazole rings is 1. The summed E-state index contributed by atoms with van der Waals surface area (Å²) in [6, 6.07) is 3.62. The van der Waals surface area contributed by atoms with E-state index in [-0.39, 0.29) is 22.9 Å². The van der Waals surface area contributed by atoms with Crippen LogP contribution in [0, 0.1) is 0 Å². The van der Waals surface area contributed by atoms with Crippen molar-refractivity contribution in [3.8, 4) is 0 Å². The van der Waals surface area contributed by atoms with Crippen LogP contribution in [0.3, 0.4) is 0 Å². The van der Waals surface area contributed by atoms with Crippen molar-refractivity contribution in [2.75, 3.05) is 0 Å². The summed E-state index contributed by atoms with van der Waals surface area (Å²) in [6.45, 7) is 0. The molecule has 2 bridgehead atoms. The van der Waals surface area contributed by atoms with Gasteiger partial charge < -0.3 is 19.7 Å². The summed E-state index contributed by atoms with van der Waals surface area (Å²) >= 11 is 1.07. The van der Waals surface area contributed by atoms with Crippen LogP contribution < -0.4 is 0 Å². The molecule has 0 aliphatic carbocycles. The van der Waals surface area contributed by atoms with Gasteiger partial charge in [-0.1, -0.05) is 0 Å². The van der Waals surface area contributed by atoms with E-state index < -0.39 is 18.1 Å². The molecule has 2 aromatic heterocycles. The molecule has 2 aromatic rings. The lowest BCUT2D eigenvalue weighted by Crippen LogP contribution is -2.46. The average Bonchev–Trinajstić information content (AvgIpc) is 3.39. The van der Waals surface area contributed by atoms with Crippen molar-refractivity contribution in [1.82, 2.24) is 14.5 Å². The number of aromatic nitrogens is 2. The van der Waals surface area contributed by atoms with Gasteiger partial charge in [0.2, 0.25) is 0 Å². The summed E-state index contributed by atoms with van der Waals surface area (Å²) in [5.74, 6) is -2.26. The minimum atomic E-state index is -5.08. The number of carbonyl (C=O) groups is 3. The molecule has 2 saturated heterocycles. The molecule has 2 aliphatic heterocycles. The molecule has 0 saturated carbocycles. The van der Waals surface area contributed by atoms with Gasteiger partial charge in [-0.25, -0.2) is 14.6 Å². The molecular weight excluding hydrogens is 439 g/mol. The predicted octanol–water partition coefficient (Wildman–Crippen LogP) is 3.36. The molecule has 168 valence electrons. The Morgan fingerprint density at radius 3 is 2.06 bits per heavy atom. The Labute approximate surface area is 178 Å². The van der Waals surface area contributed by atoms with Crippen molar-refractivity contribution in [1.29, 1.82) is 0 Å². The quantitative estimate of drug-likeness (QED) is 0.728. The topological polar surface area (TPSA) is 113 Å². The maximum Gasteiger partial charge on any atom is 0.490 e. The smallest absolute Gasteiger partial charge is 0.477 e. The van der Waals surface area contributed by atoms with Crippen LogP contribution in [0.25, 0.3) is 0 Å². The Kier molecular flexibility index (Phi) is 6.39. The molecule has 2 N–H and O–H groups in total. The molecule has 0 radical (unpaired) electrons. The molecule has 0 spiro atoms. The maximum atomic E-state index is 12.9. The van der Waals surface area contributed by atoms with Gasteiger partial charge in [-0.2, -0.15) is 13.2 Å². The second kappa shape index (κ2) is 8.69. The number of carbonyl (C=O) groups excluding carboxylic acids is 1. The fourth-order valence-electron chi connectivity index (χ4n) is 4.18. The first kappa shape index (κ1) is 22.8. The van der Waals surface area contributed by atoms with E-state index in [4.69, 9.17) is 15.0 Å². The number of carboxylic acid groups (broad SMARTS) is 2.